The molecule has 0 fully saturated rings. The average molecular weight is 329 g/mol. The van der Waals surface area contributed by atoms with E-state index in [0.717, 1.165) is 12.0 Å². The quantitative estimate of drug-likeness (QED) is 0.755. The van der Waals surface area contributed by atoms with Gasteiger partial charge in [-0.25, -0.2) is 0 Å². The van der Waals surface area contributed by atoms with E-state index >= 15 is 0 Å². The summed E-state index contributed by atoms with van der Waals surface area (Å²) in [6.07, 6.45) is 6.44. The maximum atomic E-state index is 11.5. The zero-order valence-electron chi connectivity index (χ0n) is 11.8. The molecule has 4 nitrogen and oxygen atoms in total. The zero-order valence-corrected chi connectivity index (χ0v) is 13.3. The molecule has 0 aromatic heterocycles. The van der Waals surface area contributed by atoms with Gasteiger partial charge in [0.25, 0.3) is 5.91 Å². The normalized spacial score (nSPS) is 11.6. The highest BCUT2D eigenvalue weighted by Gasteiger charge is 2.14. The molecule has 0 saturated heterocycles. The topological polar surface area (TPSA) is 64.3 Å². The van der Waals surface area contributed by atoms with Gasteiger partial charge in [-0.3, -0.25) is 4.79 Å². The average Bonchev–Trinajstić information content (AvgIpc) is 2.43. The van der Waals surface area contributed by atoms with Crippen LogP contribution in [0.2, 0.25) is 10.0 Å². The van der Waals surface area contributed by atoms with Crippen LogP contribution in [0.25, 0.3) is 0 Å². The molecule has 0 aliphatic heterocycles. The van der Waals surface area contributed by atoms with Gasteiger partial charge in [0.15, 0.2) is 6.61 Å². The maximum absolute atomic E-state index is 11.5. The van der Waals surface area contributed by atoms with Gasteiger partial charge in [-0.1, -0.05) is 36.0 Å². The second-order valence-corrected chi connectivity index (χ2v) is 5.36. The molecule has 1 amide bonds. The standard InChI is InChI=1S/C15H18Cl2N2O2/c1-3-5-19-14(20)9-21-15-10(7-12(18)4-2)6-11(16)8-13(15)17/h1,6,8,12H,4-5,7,9,18H2,2H3,(H,19,20). The Labute approximate surface area is 134 Å². The van der Waals surface area contributed by atoms with E-state index in [1.807, 2.05) is 6.92 Å². The van der Waals surface area contributed by atoms with E-state index in [1.54, 1.807) is 12.1 Å². The third-order valence-electron chi connectivity index (χ3n) is 2.83. The monoisotopic (exact) mass is 328 g/mol. The van der Waals surface area contributed by atoms with Crippen molar-refractivity contribution in [3.63, 3.8) is 0 Å². The zero-order chi connectivity index (χ0) is 15.8. The second kappa shape index (κ2) is 8.78. The lowest BCUT2D eigenvalue weighted by atomic mass is 10.0. The Morgan fingerprint density at radius 1 is 1.52 bits per heavy atom. The smallest absolute Gasteiger partial charge is 0.258 e. The SMILES string of the molecule is C#CCNC(=O)COc1c(Cl)cc(Cl)cc1CC(N)CC. The van der Waals surface area contributed by atoms with Crippen molar-refractivity contribution in [2.45, 2.75) is 25.8 Å². The lowest BCUT2D eigenvalue weighted by Crippen LogP contribution is -2.29. The summed E-state index contributed by atoms with van der Waals surface area (Å²) in [5.41, 5.74) is 6.74. The van der Waals surface area contributed by atoms with Crippen LogP contribution < -0.4 is 15.8 Å². The highest BCUT2D eigenvalue weighted by molar-refractivity contribution is 6.35. The Morgan fingerprint density at radius 3 is 2.86 bits per heavy atom. The van der Waals surface area contributed by atoms with Gasteiger partial charge in [0.05, 0.1) is 11.6 Å². The molecule has 3 N–H and O–H groups in total. The lowest BCUT2D eigenvalue weighted by molar-refractivity contribution is -0.122. The molecule has 21 heavy (non-hydrogen) atoms. The number of carbonyl (C=O) groups is 1. The van der Waals surface area contributed by atoms with Crippen LogP contribution in [0.15, 0.2) is 12.1 Å². The number of rotatable bonds is 7. The summed E-state index contributed by atoms with van der Waals surface area (Å²) in [5, 5.41) is 3.37. The van der Waals surface area contributed by atoms with Gasteiger partial charge in [-0.15, -0.1) is 6.42 Å². The third kappa shape index (κ3) is 5.84. The van der Waals surface area contributed by atoms with Crippen LogP contribution in [0.3, 0.4) is 0 Å². The van der Waals surface area contributed by atoms with Gasteiger partial charge in [0.1, 0.15) is 5.75 Å². The van der Waals surface area contributed by atoms with Crippen molar-refractivity contribution in [3.8, 4) is 18.1 Å². The van der Waals surface area contributed by atoms with Crippen molar-refractivity contribution in [2.24, 2.45) is 5.73 Å². The Morgan fingerprint density at radius 2 is 2.24 bits per heavy atom. The van der Waals surface area contributed by atoms with Crippen LogP contribution in [-0.4, -0.2) is 25.1 Å². The van der Waals surface area contributed by atoms with Crippen LogP contribution >= 0.6 is 23.2 Å². The molecule has 0 spiro atoms. The summed E-state index contributed by atoms with van der Waals surface area (Å²) in [6.45, 7) is 1.98. The first-order valence-electron chi connectivity index (χ1n) is 6.54. The van der Waals surface area contributed by atoms with Crippen molar-refractivity contribution < 1.29 is 9.53 Å². The van der Waals surface area contributed by atoms with Crippen LogP contribution in [0, 0.1) is 12.3 Å². The molecule has 114 valence electrons. The fraction of sp³-hybridized carbons (Fsp3) is 0.400. The van der Waals surface area contributed by atoms with Gasteiger partial charge >= 0.3 is 0 Å². The maximum Gasteiger partial charge on any atom is 0.258 e. The van der Waals surface area contributed by atoms with Gasteiger partial charge in [-0.05, 0) is 30.5 Å². The van der Waals surface area contributed by atoms with E-state index in [2.05, 4.69) is 11.2 Å². The molecule has 0 aliphatic carbocycles. The van der Waals surface area contributed by atoms with E-state index in [9.17, 15) is 4.79 Å². The number of nitrogens with one attached hydrogen (secondary N) is 1. The highest BCUT2D eigenvalue weighted by atomic mass is 35.5. The van der Waals surface area contributed by atoms with Crippen LogP contribution in [0.1, 0.15) is 18.9 Å². The predicted octanol–water partition coefficient (Wildman–Crippen LogP) is 2.40. The highest BCUT2D eigenvalue weighted by Crippen LogP contribution is 2.33. The molecular weight excluding hydrogens is 311 g/mol. The molecule has 0 heterocycles. The van der Waals surface area contributed by atoms with E-state index in [-0.39, 0.29) is 25.1 Å². The van der Waals surface area contributed by atoms with Gasteiger partial charge in [0.2, 0.25) is 0 Å². The number of carbonyl (C=O) groups excluding carboxylic acids is 1. The van der Waals surface area contributed by atoms with Gasteiger partial charge < -0.3 is 15.8 Å². The van der Waals surface area contributed by atoms with E-state index in [1.165, 1.54) is 0 Å². The number of amides is 1. The van der Waals surface area contributed by atoms with E-state index in [4.69, 9.17) is 40.1 Å². The first kappa shape index (κ1) is 17.6. The minimum Gasteiger partial charge on any atom is -0.482 e. The molecule has 6 heteroatoms. The number of benzene rings is 1. The summed E-state index contributed by atoms with van der Waals surface area (Å²) >= 11 is 12.1. The Balaban J connectivity index is 2.84. The third-order valence-corrected chi connectivity index (χ3v) is 3.33. The minimum atomic E-state index is -0.315. The van der Waals surface area contributed by atoms with Crippen molar-refractivity contribution in [1.29, 1.82) is 0 Å². The number of hydrogen-bond acceptors (Lipinski definition) is 3. The van der Waals surface area contributed by atoms with Gasteiger partial charge in [-0.2, -0.15) is 0 Å². The first-order valence-corrected chi connectivity index (χ1v) is 7.30. The van der Waals surface area contributed by atoms with Crippen molar-refractivity contribution >= 4 is 29.1 Å². The summed E-state index contributed by atoms with van der Waals surface area (Å²) in [4.78, 5) is 11.5. The molecule has 1 aromatic carbocycles. The first-order chi connectivity index (χ1) is 9.97. The minimum absolute atomic E-state index is 0.0304. The Kier molecular flexibility index (Phi) is 7.38. The summed E-state index contributed by atoms with van der Waals surface area (Å²) in [5.74, 6) is 2.43. The fourth-order valence-electron chi connectivity index (χ4n) is 1.69. The lowest BCUT2D eigenvalue weighted by Gasteiger charge is -2.16. The number of terminal acetylenes is 1. The van der Waals surface area contributed by atoms with E-state index in [0.29, 0.717) is 22.2 Å². The van der Waals surface area contributed by atoms with Crippen molar-refractivity contribution in [3.05, 3.63) is 27.7 Å². The Hall–Kier alpha value is -1.41. The second-order valence-electron chi connectivity index (χ2n) is 4.52. The molecule has 1 rings (SSSR count). The summed E-state index contributed by atoms with van der Waals surface area (Å²) in [6, 6.07) is 3.29. The number of nitrogens with two attached hydrogens (primary N) is 1. The number of hydrogen-bond donors (Lipinski definition) is 2. The molecule has 0 aliphatic rings. The largest absolute Gasteiger partial charge is 0.482 e. The molecule has 1 unspecified atom stereocenters. The molecular formula is C15H18Cl2N2O2. The number of ether oxygens (including phenoxy) is 1. The molecule has 0 saturated carbocycles. The van der Waals surface area contributed by atoms with E-state index < -0.39 is 0 Å². The molecule has 1 aromatic rings. The predicted molar refractivity (Wildman–Crippen MR) is 85.8 cm³/mol. The number of halogens is 2. The summed E-state index contributed by atoms with van der Waals surface area (Å²) in [7, 11) is 0. The van der Waals surface area contributed by atoms with Crippen LogP contribution in [0.4, 0.5) is 0 Å². The summed E-state index contributed by atoms with van der Waals surface area (Å²) < 4.78 is 5.50. The molecule has 0 radical (unpaired) electrons. The Bertz CT molecular complexity index is 541. The van der Waals surface area contributed by atoms with Crippen molar-refractivity contribution in [1.82, 2.24) is 5.32 Å². The molecule has 1 atom stereocenters. The molecule has 0 bridgehead atoms. The van der Waals surface area contributed by atoms with Crippen molar-refractivity contribution in [2.75, 3.05) is 13.2 Å². The van der Waals surface area contributed by atoms with Gasteiger partial charge in [0, 0.05) is 11.1 Å². The fourth-order valence-corrected chi connectivity index (χ4v) is 2.28. The van der Waals surface area contributed by atoms with Crippen LogP contribution in [-0.2, 0) is 11.2 Å². The van der Waals surface area contributed by atoms with Crippen LogP contribution in [0.5, 0.6) is 5.75 Å².